The fraction of sp³-hybridized carbons (Fsp3) is 0.154. The number of nitrogens with zero attached hydrogens (tertiary/aromatic N) is 1. The minimum Gasteiger partial charge on any atom is -0.494 e. The maximum Gasteiger partial charge on any atom is 0.199 e. The topological polar surface area (TPSA) is 60.4 Å². The molecule has 18 heavy (non-hydrogen) atoms. The Labute approximate surface area is 109 Å². The van der Waals surface area contributed by atoms with E-state index in [0.717, 1.165) is 27.7 Å². The molecular formula is C13H12ClN3O. The Balaban J connectivity index is 2.23. The molecule has 1 aromatic carbocycles. The van der Waals surface area contributed by atoms with Gasteiger partial charge in [0.05, 0.1) is 17.8 Å². The SMILES string of the molecule is CC1=C(c2c(O)[nH]c3ccccc23)NC(Cl)=NC1. The number of benzene rings is 1. The normalized spacial score (nSPS) is 15.8. The molecule has 1 aromatic heterocycles. The van der Waals surface area contributed by atoms with Crippen molar-refractivity contribution in [3.05, 3.63) is 35.4 Å². The van der Waals surface area contributed by atoms with E-state index in [0.29, 0.717) is 11.8 Å². The second-order valence-electron chi connectivity index (χ2n) is 4.28. The number of halogens is 1. The number of rotatable bonds is 1. The van der Waals surface area contributed by atoms with Crippen molar-refractivity contribution in [3.8, 4) is 5.88 Å². The van der Waals surface area contributed by atoms with Gasteiger partial charge in [0.25, 0.3) is 0 Å². The number of hydrogen-bond donors (Lipinski definition) is 3. The monoisotopic (exact) mass is 261 g/mol. The summed E-state index contributed by atoms with van der Waals surface area (Å²) in [5, 5.41) is 14.4. The van der Waals surface area contributed by atoms with Crippen LogP contribution in [0.3, 0.4) is 0 Å². The van der Waals surface area contributed by atoms with E-state index in [4.69, 9.17) is 11.6 Å². The molecule has 5 heteroatoms. The van der Waals surface area contributed by atoms with Crippen LogP contribution < -0.4 is 5.32 Å². The zero-order valence-electron chi connectivity index (χ0n) is 9.79. The summed E-state index contributed by atoms with van der Waals surface area (Å²) in [7, 11) is 0. The van der Waals surface area contributed by atoms with Gasteiger partial charge in [-0.05, 0) is 30.2 Å². The van der Waals surface area contributed by atoms with Crippen molar-refractivity contribution in [2.75, 3.05) is 6.54 Å². The Bertz CT molecular complexity index is 685. The van der Waals surface area contributed by atoms with Gasteiger partial charge in [0.1, 0.15) is 0 Å². The minimum absolute atomic E-state index is 0.143. The van der Waals surface area contributed by atoms with Crippen molar-refractivity contribution in [2.45, 2.75) is 6.92 Å². The van der Waals surface area contributed by atoms with Gasteiger partial charge in [-0.25, -0.2) is 0 Å². The second-order valence-corrected chi connectivity index (χ2v) is 4.64. The zero-order chi connectivity index (χ0) is 12.7. The first-order chi connectivity index (χ1) is 8.66. The van der Waals surface area contributed by atoms with Gasteiger partial charge in [0.15, 0.2) is 11.2 Å². The molecule has 2 aromatic rings. The molecule has 0 atom stereocenters. The Morgan fingerprint density at radius 3 is 2.94 bits per heavy atom. The van der Waals surface area contributed by atoms with Crippen molar-refractivity contribution in [1.82, 2.24) is 10.3 Å². The van der Waals surface area contributed by atoms with Crippen molar-refractivity contribution in [2.24, 2.45) is 4.99 Å². The van der Waals surface area contributed by atoms with E-state index >= 15 is 0 Å². The highest BCUT2D eigenvalue weighted by Crippen LogP contribution is 2.34. The van der Waals surface area contributed by atoms with Crippen LogP contribution in [-0.2, 0) is 0 Å². The molecule has 4 nitrogen and oxygen atoms in total. The fourth-order valence-electron chi connectivity index (χ4n) is 2.17. The molecular weight excluding hydrogens is 250 g/mol. The molecule has 0 aliphatic carbocycles. The highest BCUT2D eigenvalue weighted by molar-refractivity contribution is 6.65. The van der Waals surface area contributed by atoms with Crippen LogP contribution in [0.5, 0.6) is 5.88 Å². The molecule has 2 heterocycles. The Morgan fingerprint density at radius 2 is 2.11 bits per heavy atom. The number of aliphatic imine (C=N–C) groups is 1. The lowest BCUT2D eigenvalue weighted by atomic mass is 10.1. The van der Waals surface area contributed by atoms with E-state index < -0.39 is 0 Å². The zero-order valence-corrected chi connectivity index (χ0v) is 10.5. The first kappa shape index (κ1) is 11.2. The van der Waals surface area contributed by atoms with Gasteiger partial charge >= 0.3 is 0 Å². The largest absolute Gasteiger partial charge is 0.494 e. The summed E-state index contributed by atoms with van der Waals surface area (Å²) in [5.41, 5.74) is 3.51. The van der Waals surface area contributed by atoms with Crippen LogP contribution in [0.15, 0.2) is 34.8 Å². The van der Waals surface area contributed by atoms with E-state index in [1.165, 1.54) is 0 Å². The summed E-state index contributed by atoms with van der Waals surface area (Å²) in [6.07, 6.45) is 0. The number of para-hydroxylation sites is 1. The lowest BCUT2D eigenvalue weighted by Gasteiger charge is -2.17. The Hall–Kier alpha value is -1.94. The summed E-state index contributed by atoms with van der Waals surface area (Å²) in [5.74, 6) is 0.143. The van der Waals surface area contributed by atoms with Gasteiger partial charge < -0.3 is 15.4 Å². The molecule has 0 saturated carbocycles. The van der Waals surface area contributed by atoms with Crippen LogP contribution in [0.2, 0.25) is 0 Å². The third-order valence-corrected chi connectivity index (χ3v) is 3.26. The quantitative estimate of drug-likeness (QED) is 0.692. The molecule has 0 amide bonds. The van der Waals surface area contributed by atoms with Crippen LogP contribution in [0.4, 0.5) is 0 Å². The van der Waals surface area contributed by atoms with E-state index in [9.17, 15) is 5.11 Å². The molecule has 0 unspecified atom stereocenters. The summed E-state index contributed by atoms with van der Waals surface area (Å²) in [6.45, 7) is 2.51. The molecule has 0 saturated heterocycles. The second kappa shape index (κ2) is 4.07. The standard InChI is InChI=1S/C13H12ClN3O/c1-7-6-15-13(14)17-11(7)10-8-4-2-3-5-9(8)16-12(10)18/h2-5,16,18H,6H2,1H3,(H,15,17). The molecule has 0 radical (unpaired) electrons. The van der Waals surface area contributed by atoms with Gasteiger partial charge in [-0.2, -0.15) is 0 Å². The van der Waals surface area contributed by atoms with Crippen molar-refractivity contribution in [3.63, 3.8) is 0 Å². The van der Waals surface area contributed by atoms with Crippen molar-refractivity contribution < 1.29 is 5.11 Å². The van der Waals surface area contributed by atoms with E-state index in [-0.39, 0.29) is 5.88 Å². The fourth-order valence-corrected chi connectivity index (χ4v) is 2.33. The summed E-state index contributed by atoms with van der Waals surface area (Å²) in [4.78, 5) is 7.06. The molecule has 1 aliphatic heterocycles. The smallest absolute Gasteiger partial charge is 0.199 e. The summed E-state index contributed by atoms with van der Waals surface area (Å²) in [6, 6.07) is 7.75. The Morgan fingerprint density at radius 1 is 1.33 bits per heavy atom. The summed E-state index contributed by atoms with van der Waals surface area (Å²) < 4.78 is 0. The molecule has 3 N–H and O–H groups in total. The van der Waals surface area contributed by atoms with Crippen molar-refractivity contribution >= 4 is 33.5 Å². The average Bonchev–Trinajstić information content (AvgIpc) is 2.68. The predicted molar refractivity (Wildman–Crippen MR) is 73.8 cm³/mol. The predicted octanol–water partition coefficient (Wildman–Crippen LogP) is 2.80. The number of aromatic nitrogens is 1. The third kappa shape index (κ3) is 1.66. The average molecular weight is 262 g/mol. The molecule has 3 rings (SSSR count). The molecule has 0 bridgehead atoms. The lowest BCUT2D eigenvalue weighted by molar-refractivity contribution is 0.456. The van der Waals surface area contributed by atoms with Crippen LogP contribution in [0, 0.1) is 0 Å². The number of aromatic hydroxyl groups is 1. The van der Waals surface area contributed by atoms with E-state index in [1.807, 2.05) is 31.2 Å². The van der Waals surface area contributed by atoms with Crippen LogP contribution in [0.25, 0.3) is 16.6 Å². The number of amidine groups is 1. The molecule has 1 aliphatic rings. The number of nitrogens with one attached hydrogen (secondary N) is 2. The van der Waals surface area contributed by atoms with Crippen molar-refractivity contribution in [1.29, 1.82) is 0 Å². The van der Waals surface area contributed by atoms with Gasteiger partial charge in [0, 0.05) is 10.9 Å². The first-order valence-corrected chi connectivity index (χ1v) is 6.01. The molecule has 0 fully saturated rings. The molecule has 92 valence electrons. The van der Waals surface area contributed by atoms with Gasteiger partial charge in [0.2, 0.25) is 0 Å². The third-order valence-electron chi connectivity index (χ3n) is 3.05. The number of hydrogen-bond acceptors (Lipinski definition) is 3. The Kier molecular flexibility index (Phi) is 2.52. The van der Waals surface area contributed by atoms with Crippen LogP contribution in [-0.4, -0.2) is 21.9 Å². The number of aromatic amines is 1. The lowest BCUT2D eigenvalue weighted by Crippen LogP contribution is -2.23. The summed E-state index contributed by atoms with van der Waals surface area (Å²) >= 11 is 5.91. The highest BCUT2D eigenvalue weighted by atomic mass is 35.5. The maximum atomic E-state index is 10.1. The number of H-pyrrole nitrogens is 1. The first-order valence-electron chi connectivity index (χ1n) is 5.63. The maximum absolute atomic E-state index is 10.1. The minimum atomic E-state index is 0.143. The van der Waals surface area contributed by atoms with Gasteiger partial charge in [-0.1, -0.05) is 18.2 Å². The van der Waals surface area contributed by atoms with E-state index in [2.05, 4.69) is 15.3 Å². The molecule has 0 spiro atoms. The van der Waals surface area contributed by atoms with E-state index in [1.54, 1.807) is 0 Å². The van der Waals surface area contributed by atoms with Gasteiger partial charge in [-0.3, -0.25) is 4.99 Å². The van der Waals surface area contributed by atoms with Crippen LogP contribution in [0.1, 0.15) is 12.5 Å². The van der Waals surface area contributed by atoms with Crippen LogP contribution >= 0.6 is 11.6 Å². The van der Waals surface area contributed by atoms with Gasteiger partial charge in [-0.15, -0.1) is 0 Å². The highest BCUT2D eigenvalue weighted by Gasteiger charge is 2.19. The number of fused-ring (bicyclic) bond motifs is 1.